The summed E-state index contributed by atoms with van der Waals surface area (Å²) in [6.07, 6.45) is 10.3. The summed E-state index contributed by atoms with van der Waals surface area (Å²) in [5, 5.41) is 6.43. The molecule has 11 unspecified atom stereocenters. The number of rotatable bonds is 4. The van der Waals surface area contributed by atoms with E-state index in [0.717, 1.165) is 45.2 Å². The molecule has 47 heavy (non-hydrogen) atoms. The van der Waals surface area contributed by atoms with Gasteiger partial charge in [-0.15, -0.1) is 0 Å². The zero-order valence-corrected chi connectivity index (χ0v) is 28.8. The number of amides is 2. The zero-order chi connectivity index (χ0) is 33.0. The van der Waals surface area contributed by atoms with Crippen LogP contribution >= 0.6 is 0 Å². The van der Waals surface area contributed by atoms with Crippen molar-refractivity contribution in [3.05, 3.63) is 11.8 Å². The molecule has 10 nitrogen and oxygen atoms in total. The second-order valence-corrected chi connectivity index (χ2v) is 16.6. The molecule has 2 N–H and O–H groups in total. The molecule has 11 heteroatoms. The molecule has 6 fully saturated rings. The number of Topliss-reactive ketones (excluding diaryl/α,β-unsaturated/α-hetero) is 1. The number of carbonyl (C=O) groups excluding carboxylic acids is 3. The average Bonchev–Trinajstić information content (AvgIpc) is 3.29. The van der Waals surface area contributed by atoms with E-state index < -0.39 is 35.9 Å². The van der Waals surface area contributed by atoms with Gasteiger partial charge in [-0.1, -0.05) is 32.1 Å². The number of fused-ring (bicyclic) bond motifs is 3. The van der Waals surface area contributed by atoms with Crippen molar-refractivity contribution in [3.63, 3.8) is 0 Å². The van der Waals surface area contributed by atoms with Crippen LogP contribution in [0.5, 0.6) is 0 Å². The minimum absolute atomic E-state index is 0.0290. The summed E-state index contributed by atoms with van der Waals surface area (Å²) in [4.78, 5) is 47.2. The lowest BCUT2D eigenvalue weighted by molar-refractivity contribution is -0.219. The third-order valence-corrected chi connectivity index (χ3v) is 12.4. The van der Waals surface area contributed by atoms with Crippen molar-refractivity contribution < 1.29 is 28.2 Å². The maximum Gasteiger partial charge on any atom is 0.407 e. The monoisotopic (exact) mass is 657 g/mol. The van der Waals surface area contributed by atoms with Gasteiger partial charge in [-0.05, 0) is 77.7 Å². The Morgan fingerprint density at radius 3 is 2.55 bits per heavy atom. The number of hydrogen-bond donors (Lipinski definition) is 2. The first-order valence-electron chi connectivity index (χ1n) is 18.5. The molecular weight excluding hydrogens is 601 g/mol. The Hall–Kier alpha value is -2.24. The Bertz CT molecular complexity index is 1230. The number of morpholine rings is 1. The molecule has 0 aromatic carbocycles. The number of ketones is 1. The van der Waals surface area contributed by atoms with Crippen molar-refractivity contribution >= 4 is 17.8 Å². The van der Waals surface area contributed by atoms with Gasteiger partial charge in [-0.25, -0.2) is 9.18 Å². The van der Waals surface area contributed by atoms with Crippen molar-refractivity contribution in [2.45, 2.75) is 146 Å². The van der Waals surface area contributed by atoms with Crippen LogP contribution in [0.15, 0.2) is 11.8 Å². The van der Waals surface area contributed by atoms with Crippen molar-refractivity contribution in [1.29, 1.82) is 0 Å². The van der Waals surface area contributed by atoms with Crippen LogP contribution in [0.2, 0.25) is 0 Å². The van der Waals surface area contributed by atoms with E-state index in [2.05, 4.69) is 20.4 Å². The molecule has 7 rings (SSSR count). The van der Waals surface area contributed by atoms with Gasteiger partial charge < -0.3 is 29.9 Å². The third-order valence-electron chi connectivity index (χ3n) is 12.4. The van der Waals surface area contributed by atoms with Crippen LogP contribution in [0.25, 0.3) is 0 Å². The topological polar surface area (TPSA) is 103 Å². The van der Waals surface area contributed by atoms with E-state index in [4.69, 9.17) is 9.47 Å². The van der Waals surface area contributed by atoms with Crippen molar-refractivity contribution in [2.75, 3.05) is 33.2 Å². The smallest absolute Gasteiger partial charge is 0.407 e. The molecule has 0 aromatic heterocycles. The molecule has 7 aliphatic rings. The number of alkyl carbamates (subject to hydrolysis) is 1. The summed E-state index contributed by atoms with van der Waals surface area (Å²) in [6, 6.07) is -0.865. The fraction of sp³-hybridized carbons (Fsp3) is 0.861. The predicted molar refractivity (Wildman–Crippen MR) is 175 cm³/mol. The number of ether oxygens (including phenoxy) is 2. The zero-order valence-electron chi connectivity index (χ0n) is 28.8. The van der Waals surface area contributed by atoms with E-state index in [1.54, 1.807) is 4.90 Å². The second-order valence-electron chi connectivity index (χ2n) is 16.6. The molecule has 3 aliphatic carbocycles. The van der Waals surface area contributed by atoms with Gasteiger partial charge in [0.25, 0.3) is 5.91 Å². The molecule has 0 radical (unpaired) electrons. The van der Waals surface area contributed by atoms with Gasteiger partial charge in [0.05, 0.1) is 35.9 Å². The summed E-state index contributed by atoms with van der Waals surface area (Å²) in [6.45, 7) is 8.32. The minimum atomic E-state index is -1.28. The largest absolute Gasteiger partial charge is 0.444 e. The van der Waals surface area contributed by atoms with Gasteiger partial charge in [0.2, 0.25) is 0 Å². The van der Waals surface area contributed by atoms with Crippen LogP contribution in [-0.2, 0) is 19.1 Å². The number of halogens is 1. The molecular formula is C36H56FN5O5. The maximum absolute atomic E-state index is 16.6. The lowest BCUT2D eigenvalue weighted by Crippen LogP contribution is -2.73. The molecule has 3 saturated heterocycles. The molecule has 2 amide bonds. The average molecular weight is 658 g/mol. The molecule has 0 bridgehead atoms. The third kappa shape index (κ3) is 6.57. The first-order chi connectivity index (χ1) is 22.5. The number of carbonyl (C=O) groups is 3. The van der Waals surface area contributed by atoms with Crippen molar-refractivity contribution in [2.24, 2.45) is 17.8 Å². The van der Waals surface area contributed by atoms with Crippen LogP contribution in [0.4, 0.5) is 9.18 Å². The van der Waals surface area contributed by atoms with Crippen LogP contribution < -0.4 is 10.6 Å². The quantitative estimate of drug-likeness (QED) is 0.441. The minimum Gasteiger partial charge on any atom is -0.444 e. The first kappa shape index (κ1) is 33.3. The van der Waals surface area contributed by atoms with E-state index >= 15 is 4.39 Å². The summed E-state index contributed by atoms with van der Waals surface area (Å²) in [5.41, 5.74) is -0.377. The number of nitrogens with one attached hydrogen (secondary N) is 2. The van der Waals surface area contributed by atoms with E-state index in [9.17, 15) is 14.4 Å². The Kier molecular flexibility index (Phi) is 9.37. The highest BCUT2D eigenvalue weighted by Gasteiger charge is 2.61. The highest BCUT2D eigenvalue weighted by atomic mass is 19.1. The first-order valence-corrected chi connectivity index (χ1v) is 18.5. The van der Waals surface area contributed by atoms with E-state index in [1.165, 1.54) is 25.7 Å². The van der Waals surface area contributed by atoms with Gasteiger partial charge >= 0.3 is 6.09 Å². The van der Waals surface area contributed by atoms with E-state index in [-0.39, 0.29) is 54.0 Å². The van der Waals surface area contributed by atoms with Crippen LogP contribution in [-0.4, -0.2) is 120 Å². The summed E-state index contributed by atoms with van der Waals surface area (Å²) in [5.74, 6) is 0.149. The summed E-state index contributed by atoms with van der Waals surface area (Å²) >= 11 is 0. The Morgan fingerprint density at radius 1 is 1.04 bits per heavy atom. The second kappa shape index (κ2) is 13.2. The molecule has 4 aliphatic heterocycles. The molecule has 0 aromatic rings. The van der Waals surface area contributed by atoms with Crippen LogP contribution in [0.3, 0.4) is 0 Å². The maximum atomic E-state index is 16.6. The van der Waals surface area contributed by atoms with Crippen LogP contribution in [0, 0.1) is 17.8 Å². The van der Waals surface area contributed by atoms with Crippen molar-refractivity contribution in [3.8, 4) is 0 Å². The van der Waals surface area contributed by atoms with Gasteiger partial charge in [-0.2, -0.15) is 0 Å². The van der Waals surface area contributed by atoms with Gasteiger partial charge in [0.15, 0.2) is 5.78 Å². The fourth-order valence-electron chi connectivity index (χ4n) is 10.2. The number of likely N-dealkylation sites (N-methyl/N-ethyl adjacent to an activating group) is 1. The number of alkyl halides is 1. The van der Waals surface area contributed by atoms with Gasteiger partial charge in [0, 0.05) is 50.9 Å². The van der Waals surface area contributed by atoms with Gasteiger partial charge in [-0.3, -0.25) is 14.5 Å². The fourth-order valence-corrected chi connectivity index (χ4v) is 10.2. The predicted octanol–water partition coefficient (Wildman–Crippen LogP) is 3.79. The number of nitrogens with zero attached hydrogens (tertiary/aromatic N) is 3. The molecule has 4 heterocycles. The summed E-state index contributed by atoms with van der Waals surface area (Å²) in [7, 11) is 1.82. The molecule has 0 spiro atoms. The van der Waals surface area contributed by atoms with Crippen molar-refractivity contribution in [1.82, 2.24) is 25.3 Å². The Labute approximate surface area is 279 Å². The lowest BCUT2D eigenvalue weighted by Gasteiger charge is -2.61. The lowest BCUT2D eigenvalue weighted by atomic mass is 9.64. The van der Waals surface area contributed by atoms with Gasteiger partial charge in [0.1, 0.15) is 11.8 Å². The SMILES string of the molecule is CN(C(=O)C1=CN2C3CC4CCCCC4CC3OC3C(N4CCC(NC(=O)OC(C)(C)C)C4)C(F)CC(C1=O)C32)C1CCCCNC1. The van der Waals surface area contributed by atoms with E-state index in [0.29, 0.717) is 31.3 Å². The number of hydrogen-bond acceptors (Lipinski definition) is 8. The summed E-state index contributed by atoms with van der Waals surface area (Å²) < 4.78 is 29.2. The molecule has 11 atom stereocenters. The van der Waals surface area contributed by atoms with Crippen LogP contribution in [0.1, 0.15) is 91.4 Å². The molecule has 3 saturated carbocycles. The Balaban J connectivity index is 1.17. The Morgan fingerprint density at radius 2 is 1.79 bits per heavy atom. The molecule has 262 valence electrons. The highest BCUT2D eigenvalue weighted by Crippen LogP contribution is 2.51. The highest BCUT2D eigenvalue weighted by molar-refractivity contribution is 6.20. The normalized spacial score (nSPS) is 40.7. The number of likely N-dealkylation sites (tertiary alicyclic amines) is 1. The standard InChI is InChI=1S/C36H56FN5O5/c1-36(2,3)47-35(45)39-23-12-14-41(19-23)31-27(37)17-25-30-33(31)46-29-16-22-10-6-5-9-21(22)15-28(29)42(30)20-26(32(25)43)34(44)40(4)24-11-7-8-13-38-18-24/h20-25,27-31,33,38H,5-19H2,1-4H3,(H,39,45). The van der Waals surface area contributed by atoms with E-state index in [1.807, 2.05) is 34.0 Å².